The molecule has 0 spiro atoms. The van der Waals surface area contributed by atoms with Crippen LogP contribution in [-0.4, -0.2) is 56.5 Å². The second-order valence-corrected chi connectivity index (χ2v) is 9.38. The first-order valence-corrected chi connectivity index (χ1v) is 12.4. The van der Waals surface area contributed by atoms with Gasteiger partial charge in [-0.3, -0.25) is 9.25 Å². The van der Waals surface area contributed by atoms with Gasteiger partial charge in [-0.2, -0.15) is 15.3 Å². The number of rotatable bonds is 5. The van der Waals surface area contributed by atoms with Crippen molar-refractivity contribution in [1.29, 1.82) is 5.26 Å². The molecular formula is C26H29N9. The molecule has 0 aliphatic carbocycles. The van der Waals surface area contributed by atoms with Crippen LogP contribution < -0.4 is 16.0 Å². The maximum absolute atomic E-state index is 9.23. The van der Waals surface area contributed by atoms with Gasteiger partial charge in [-0.15, -0.1) is 0 Å². The van der Waals surface area contributed by atoms with E-state index in [9.17, 15) is 5.26 Å². The second kappa shape index (κ2) is 9.49. The van der Waals surface area contributed by atoms with Crippen LogP contribution in [0.25, 0.3) is 28.0 Å². The van der Waals surface area contributed by atoms with E-state index in [-0.39, 0.29) is 0 Å². The summed E-state index contributed by atoms with van der Waals surface area (Å²) in [5.74, 6) is 1.43. The number of hydrogen-bond donors (Lipinski definition) is 3. The number of piperidine rings is 2. The maximum Gasteiger partial charge on any atom is 0.236 e. The lowest BCUT2D eigenvalue weighted by molar-refractivity contribution is 0.343. The van der Waals surface area contributed by atoms with Crippen molar-refractivity contribution >= 4 is 16.7 Å². The largest absolute Gasteiger partial charge is 0.365 e. The van der Waals surface area contributed by atoms with E-state index in [0.717, 1.165) is 79.7 Å². The molecule has 1 unspecified atom stereocenters. The molecule has 4 aromatic rings. The fraction of sp³-hybridized carbons (Fsp3) is 0.385. The molecule has 2 fully saturated rings. The van der Waals surface area contributed by atoms with Crippen LogP contribution in [0.2, 0.25) is 0 Å². The lowest BCUT2D eigenvalue weighted by Gasteiger charge is -2.25. The molecular weight excluding hydrogens is 438 g/mol. The van der Waals surface area contributed by atoms with Crippen LogP contribution in [0.4, 0.5) is 5.82 Å². The number of nitrogens with one attached hydrogen (secondary N) is 3. The van der Waals surface area contributed by atoms with E-state index >= 15 is 0 Å². The van der Waals surface area contributed by atoms with E-state index in [0.29, 0.717) is 23.6 Å². The van der Waals surface area contributed by atoms with Gasteiger partial charge in [0.25, 0.3) is 0 Å². The van der Waals surface area contributed by atoms with Crippen LogP contribution in [0.3, 0.4) is 0 Å². The molecule has 0 saturated carbocycles. The molecule has 3 aromatic heterocycles. The summed E-state index contributed by atoms with van der Waals surface area (Å²) < 4.78 is 4.07. The first-order chi connectivity index (χ1) is 17.3. The molecule has 9 nitrogen and oxygen atoms in total. The van der Waals surface area contributed by atoms with Gasteiger partial charge in [0, 0.05) is 47.7 Å². The van der Waals surface area contributed by atoms with Crippen molar-refractivity contribution in [1.82, 2.24) is 34.9 Å². The number of anilines is 1. The van der Waals surface area contributed by atoms with Gasteiger partial charge in [0.05, 0.1) is 29.4 Å². The first kappa shape index (κ1) is 21.8. The number of nitriles is 1. The van der Waals surface area contributed by atoms with Gasteiger partial charge >= 0.3 is 0 Å². The Bertz CT molecular complexity index is 1370. The molecule has 3 N–H and O–H groups in total. The Hall–Kier alpha value is -3.74. The Morgan fingerprint density at radius 3 is 2.80 bits per heavy atom. The van der Waals surface area contributed by atoms with Crippen molar-refractivity contribution in [3.05, 3.63) is 54.6 Å². The van der Waals surface area contributed by atoms with Crippen LogP contribution >= 0.6 is 0 Å². The summed E-state index contributed by atoms with van der Waals surface area (Å²) in [6.07, 6.45) is 12.3. The fourth-order valence-corrected chi connectivity index (χ4v) is 5.11. The first-order valence-electron chi connectivity index (χ1n) is 12.4. The zero-order chi connectivity index (χ0) is 23.6. The van der Waals surface area contributed by atoms with Crippen LogP contribution in [0.15, 0.2) is 49.1 Å². The maximum atomic E-state index is 9.23. The third kappa shape index (κ3) is 4.38. The molecule has 2 saturated heterocycles. The number of fused-ring (bicyclic) bond motifs is 1. The summed E-state index contributed by atoms with van der Waals surface area (Å²) in [5, 5.41) is 25.5. The van der Waals surface area contributed by atoms with E-state index in [1.165, 1.54) is 0 Å². The Morgan fingerprint density at radius 1 is 1.06 bits per heavy atom. The smallest absolute Gasteiger partial charge is 0.236 e. The monoisotopic (exact) mass is 467 g/mol. The SMILES string of the molecule is N#Cc1ccc2c(ccn2-c2ncc(-c3cnn(C4CCNCC4)c3)c(NC3CCCNC3)n2)c1. The van der Waals surface area contributed by atoms with Crippen LogP contribution in [0, 0.1) is 11.3 Å². The van der Waals surface area contributed by atoms with Crippen LogP contribution in [0.5, 0.6) is 0 Å². The van der Waals surface area contributed by atoms with Crippen molar-refractivity contribution < 1.29 is 0 Å². The molecule has 6 rings (SSSR count). The summed E-state index contributed by atoms with van der Waals surface area (Å²) in [6, 6.07) is 10.6. The van der Waals surface area contributed by atoms with Crippen molar-refractivity contribution in [2.24, 2.45) is 0 Å². The molecule has 35 heavy (non-hydrogen) atoms. The number of nitrogens with zero attached hydrogens (tertiary/aromatic N) is 6. The average Bonchev–Trinajstić information content (AvgIpc) is 3.57. The standard InChI is InChI=1S/C26H29N9/c27-13-18-3-4-24-19(12-18)7-11-34(24)26-30-16-23(25(33-26)32-21-2-1-8-29-15-21)20-14-31-35(17-20)22-5-9-28-10-6-22/h3-4,7,11-12,14,16-17,21-22,28-29H,1-2,5-6,8-10,15H2,(H,30,32,33). The van der Waals surface area contributed by atoms with Crippen LogP contribution in [-0.2, 0) is 0 Å². The van der Waals surface area contributed by atoms with Crippen LogP contribution in [0.1, 0.15) is 37.3 Å². The Morgan fingerprint density at radius 2 is 1.97 bits per heavy atom. The van der Waals surface area contributed by atoms with Gasteiger partial charge in [0.15, 0.2) is 0 Å². The van der Waals surface area contributed by atoms with E-state index in [2.05, 4.69) is 32.9 Å². The molecule has 1 aromatic carbocycles. The van der Waals surface area contributed by atoms with Gasteiger partial charge < -0.3 is 16.0 Å². The fourth-order valence-electron chi connectivity index (χ4n) is 5.11. The van der Waals surface area contributed by atoms with E-state index in [1.54, 1.807) is 0 Å². The highest BCUT2D eigenvalue weighted by Crippen LogP contribution is 2.30. The number of aromatic nitrogens is 5. The number of benzene rings is 1. The molecule has 1 atom stereocenters. The van der Waals surface area contributed by atoms with E-state index < -0.39 is 0 Å². The molecule has 0 radical (unpaired) electrons. The topological polar surface area (TPSA) is 108 Å². The Labute approximate surface area is 204 Å². The summed E-state index contributed by atoms with van der Waals surface area (Å²) in [4.78, 5) is 9.75. The van der Waals surface area contributed by atoms with Gasteiger partial charge in [-0.25, -0.2) is 4.98 Å². The van der Waals surface area contributed by atoms with Gasteiger partial charge in [0.1, 0.15) is 5.82 Å². The number of hydrogen-bond acceptors (Lipinski definition) is 7. The quantitative estimate of drug-likeness (QED) is 0.413. The zero-order valence-corrected chi connectivity index (χ0v) is 19.6. The Kier molecular flexibility index (Phi) is 5.90. The third-order valence-electron chi connectivity index (χ3n) is 7.04. The lowest BCUT2D eigenvalue weighted by atomic mass is 10.1. The molecule has 178 valence electrons. The second-order valence-electron chi connectivity index (χ2n) is 9.38. The molecule has 0 amide bonds. The minimum atomic E-state index is 0.310. The molecule has 5 heterocycles. The highest BCUT2D eigenvalue weighted by Gasteiger charge is 2.21. The van der Waals surface area contributed by atoms with Gasteiger partial charge in [-0.1, -0.05) is 0 Å². The summed E-state index contributed by atoms with van der Waals surface area (Å²) in [5.41, 5.74) is 3.60. The van der Waals surface area contributed by atoms with Crippen molar-refractivity contribution in [3.8, 4) is 23.1 Å². The van der Waals surface area contributed by atoms with E-state index in [4.69, 9.17) is 15.1 Å². The highest BCUT2D eigenvalue weighted by molar-refractivity contribution is 5.83. The lowest BCUT2D eigenvalue weighted by Crippen LogP contribution is -2.38. The normalized spacial score (nSPS) is 19.0. The minimum Gasteiger partial charge on any atom is -0.365 e. The van der Waals surface area contributed by atoms with Crippen molar-refractivity contribution in [2.75, 3.05) is 31.5 Å². The van der Waals surface area contributed by atoms with Crippen molar-refractivity contribution in [3.63, 3.8) is 0 Å². The summed E-state index contributed by atoms with van der Waals surface area (Å²) >= 11 is 0. The Balaban J connectivity index is 1.38. The summed E-state index contributed by atoms with van der Waals surface area (Å²) in [6.45, 7) is 4.03. The van der Waals surface area contributed by atoms with Crippen molar-refractivity contribution in [2.45, 2.75) is 37.8 Å². The predicted octanol–water partition coefficient (Wildman–Crippen LogP) is 3.24. The molecule has 9 heteroatoms. The van der Waals surface area contributed by atoms with E-state index in [1.807, 2.05) is 47.4 Å². The average molecular weight is 468 g/mol. The predicted molar refractivity (Wildman–Crippen MR) is 135 cm³/mol. The van der Waals surface area contributed by atoms with Gasteiger partial charge in [-0.05, 0) is 69.6 Å². The molecule has 2 aliphatic heterocycles. The molecule has 2 aliphatic rings. The zero-order valence-electron chi connectivity index (χ0n) is 19.6. The summed E-state index contributed by atoms with van der Waals surface area (Å²) in [7, 11) is 0. The molecule has 0 bridgehead atoms. The van der Waals surface area contributed by atoms with Gasteiger partial charge in [0.2, 0.25) is 5.95 Å². The minimum absolute atomic E-state index is 0.310. The highest BCUT2D eigenvalue weighted by atomic mass is 15.3. The third-order valence-corrected chi connectivity index (χ3v) is 7.04.